The van der Waals surface area contributed by atoms with Crippen LogP contribution in [0.1, 0.15) is 38.8 Å². The molecule has 0 bridgehead atoms. The molecular formula is C18H30ClN3O2S. The molecule has 1 aromatic carbocycles. The molecule has 0 saturated carbocycles. The second-order valence-corrected chi connectivity index (χ2v) is 8.05. The summed E-state index contributed by atoms with van der Waals surface area (Å²) in [5, 5.41) is 5.99. The lowest BCUT2D eigenvalue weighted by molar-refractivity contribution is -0.125. The highest BCUT2D eigenvalue weighted by Gasteiger charge is 2.17. The lowest BCUT2D eigenvalue weighted by Crippen LogP contribution is -2.46. The van der Waals surface area contributed by atoms with E-state index < -0.39 is 6.04 Å². The number of anilines is 1. The minimum atomic E-state index is -0.601. The minimum absolute atomic E-state index is 0. The summed E-state index contributed by atoms with van der Waals surface area (Å²) in [6.07, 6.45) is 0. The second kappa shape index (κ2) is 11.4. The normalized spacial score (nSPS) is 11.8. The first-order valence-electron chi connectivity index (χ1n) is 8.25. The van der Waals surface area contributed by atoms with Gasteiger partial charge in [0.15, 0.2) is 0 Å². The van der Waals surface area contributed by atoms with E-state index in [4.69, 9.17) is 5.73 Å². The van der Waals surface area contributed by atoms with Crippen molar-refractivity contribution >= 4 is 41.7 Å². The van der Waals surface area contributed by atoms with Gasteiger partial charge in [-0.1, -0.05) is 39.8 Å². The van der Waals surface area contributed by atoms with Crippen molar-refractivity contribution in [3.05, 3.63) is 29.3 Å². The van der Waals surface area contributed by atoms with Gasteiger partial charge in [0.2, 0.25) is 11.8 Å². The van der Waals surface area contributed by atoms with Gasteiger partial charge in [0.25, 0.3) is 0 Å². The van der Waals surface area contributed by atoms with Crippen molar-refractivity contribution < 1.29 is 9.59 Å². The average Bonchev–Trinajstić information content (AvgIpc) is 2.52. The molecule has 1 rings (SSSR count). The Bertz CT molecular complexity index is 579. The first kappa shape index (κ1) is 23.8. The van der Waals surface area contributed by atoms with E-state index in [1.807, 2.05) is 44.7 Å². The highest BCUT2D eigenvalue weighted by molar-refractivity contribution is 7.99. The van der Waals surface area contributed by atoms with E-state index in [2.05, 4.69) is 30.5 Å². The molecule has 0 aliphatic carbocycles. The Morgan fingerprint density at radius 1 is 1.20 bits per heavy atom. The zero-order valence-electron chi connectivity index (χ0n) is 15.6. The molecule has 0 aliphatic heterocycles. The van der Waals surface area contributed by atoms with Crippen molar-refractivity contribution in [2.24, 2.45) is 11.7 Å². The molecule has 0 spiro atoms. The molecule has 4 N–H and O–H groups in total. The Hall–Kier alpha value is -1.24. The van der Waals surface area contributed by atoms with Crippen LogP contribution in [0.2, 0.25) is 0 Å². The molecule has 7 heteroatoms. The van der Waals surface area contributed by atoms with E-state index >= 15 is 0 Å². The van der Waals surface area contributed by atoms with Crippen LogP contribution < -0.4 is 16.4 Å². The molecule has 2 amide bonds. The zero-order chi connectivity index (χ0) is 18.3. The van der Waals surface area contributed by atoms with Crippen molar-refractivity contribution in [2.75, 3.05) is 11.9 Å². The fourth-order valence-corrected chi connectivity index (χ4v) is 2.84. The van der Waals surface area contributed by atoms with Crippen LogP contribution in [0.3, 0.4) is 0 Å². The first-order chi connectivity index (χ1) is 11.2. The van der Waals surface area contributed by atoms with Crippen LogP contribution in [0.5, 0.6) is 0 Å². The van der Waals surface area contributed by atoms with Gasteiger partial charge in [0.1, 0.15) is 0 Å². The zero-order valence-corrected chi connectivity index (χ0v) is 17.2. The first-order valence-corrected chi connectivity index (χ1v) is 9.30. The molecule has 0 saturated heterocycles. The van der Waals surface area contributed by atoms with Crippen LogP contribution in [0.4, 0.5) is 5.69 Å². The highest BCUT2D eigenvalue weighted by atomic mass is 35.5. The summed E-state index contributed by atoms with van der Waals surface area (Å²) in [6, 6.07) is 5.28. The molecule has 5 nitrogen and oxygen atoms in total. The lowest BCUT2D eigenvalue weighted by atomic mass is 10.1. The van der Waals surface area contributed by atoms with Gasteiger partial charge >= 0.3 is 0 Å². The maximum absolute atomic E-state index is 12.1. The number of carbonyl (C=O) groups is 2. The van der Waals surface area contributed by atoms with Crippen molar-refractivity contribution in [1.29, 1.82) is 0 Å². The van der Waals surface area contributed by atoms with Crippen LogP contribution in [-0.2, 0) is 15.3 Å². The van der Waals surface area contributed by atoms with Crippen molar-refractivity contribution in [3.8, 4) is 0 Å². The molecule has 0 aromatic heterocycles. The van der Waals surface area contributed by atoms with Crippen molar-refractivity contribution in [2.45, 2.75) is 51.7 Å². The Labute approximate surface area is 161 Å². The Morgan fingerprint density at radius 3 is 2.40 bits per heavy atom. The number of halogens is 1. The summed E-state index contributed by atoms with van der Waals surface area (Å²) < 4.78 is 0. The summed E-state index contributed by atoms with van der Waals surface area (Å²) in [5.41, 5.74) is 8.80. The quantitative estimate of drug-likeness (QED) is 0.639. The predicted octanol–water partition coefficient (Wildman–Crippen LogP) is 3.10. The maximum Gasteiger partial charge on any atom is 0.243 e. The molecule has 0 aliphatic rings. The van der Waals surface area contributed by atoms with Gasteiger partial charge in [-0.25, -0.2) is 0 Å². The van der Waals surface area contributed by atoms with Gasteiger partial charge in [-0.2, -0.15) is 11.8 Å². The topological polar surface area (TPSA) is 84.2 Å². The number of rotatable bonds is 8. The Morgan fingerprint density at radius 2 is 1.84 bits per heavy atom. The fraction of sp³-hybridized carbons (Fsp3) is 0.556. The average molecular weight is 388 g/mol. The smallest absolute Gasteiger partial charge is 0.243 e. The molecule has 142 valence electrons. The standard InChI is InChI=1S/C18H29N3O2S.ClH/c1-11(2)17(19)18(23)20-9-16(22)21-15-8-6-7-14(13(15)5)10-24-12(3)4;/h6-8,11-12,17H,9-10,19H2,1-5H3,(H,20,23)(H,21,22);1H/t17-;/m0./s1. The third-order valence-electron chi connectivity index (χ3n) is 3.74. The predicted molar refractivity (Wildman–Crippen MR) is 109 cm³/mol. The van der Waals surface area contributed by atoms with Gasteiger partial charge in [-0.3, -0.25) is 9.59 Å². The van der Waals surface area contributed by atoms with E-state index in [0.29, 0.717) is 5.25 Å². The number of nitrogens with one attached hydrogen (secondary N) is 2. The van der Waals surface area contributed by atoms with E-state index in [1.165, 1.54) is 5.56 Å². The van der Waals surface area contributed by atoms with E-state index in [1.54, 1.807) is 0 Å². The van der Waals surface area contributed by atoms with Crippen LogP contribution in [0.25, 0.3) is 0 Å². The van der Waals surface area contributed by atoms with Crippen LogP contribution >= 0.6 is 24.2 Å². The van der Waals surface area contributed by atoms with Gasteiger partial charge in [-0.05, 0) is 35.3 Å². The largest absolute Gasteiger partial charge is 0.346 e. The van der Waals surface area contributed by atoms with Crippen molar-refractivity contribution in [1.82, 2.24) is 5.32 Å². The monoisotopic (exact) mass is 387 g/mol. The lowest BCUT2D eigenvalue weighted by Gasteiger charge is -2.16. The van der Waals surface area contributed by atoms with Crippen LogP contribution in [0.15, 0.2) is 18.2 Å². The molecule has 0 heterocycles. The summed E-state index contributed by atoms with van der Waals surface area (Å²) in [6.45, 7) is 9.98. The third kappa shape index (κ3) is 8.12. The summed E-state index contributed by atoms with van der Waals surface area (Å²) in [4.78, 5) is 23.9. The summed E-state index contributed by atoms with van der Waals surface area (Å²) in [5.74, 6) is 0.383. The third-order valence-corrected chi connectivity index (χ3v) is 4.88. The number of hydrogen-bond donors (Lipinski definition) is 3. The van der Waals surface area contributed by atoms with E-state index in [-0.39, 0.29) is 36.7 Å². The van der Waals surface area contributed by atoms with Gasteiger partial charge in [0, 0.05) is 11.4 Å². The number of carbonyl (C=O) groups excluding carboxylic acids is 2. The molecule has 1 aromatic rings. The number of thioether (sulfide) groups is 1. The van der Waals surface area contributed by atoms with Gasteiger partial charge in [-0.15, -0.1) is 12.4 Å². The van der Waals surface area contributed by atoms with Crippen molar-refractivity contribution in [3.63, 3.8) is 0 Å². The molecule has 0 fully saturated rings. The van der Waals surface area contributed by atoms with Crippen LogP contribution in [0, 0.1) is 12.8 Å². The van der Waals surface area contributed by atoms with E-state index in [9.17, 15) is 9.59 Å². The van der Waals surface area contributed by atoms with Gasteiger partial charge < -0.3 is 16.4 Å². The number of hydrogen-bond acceptors (Lipinski definition) is 4. The maximum atomic E-state index is 12.1. The Balaban J connectivity index is 0.00000576. The minimum Gasteiger partial charge on any atom is -0.346 e. The molecule has 0 radical (unpaired) electrons. The molecule has 0 unspecified atom stereocenters. The molecular weight excluding hydrogens is 358 g/mol. The Kier molecular flexibility index (Phi) is 10.8. The van der Waals surface area contributed by atoms with Gasteiger partial charge in [0.05, 0.1) is 12.6 Å². The number of amides is 2. The fourth-order valence-electron chi connectivity index (χ4n) is 2.01. The summed E-state index contributed by atoms with van der Waals surface area (Å²) >= 11 is 1.86. The number of benzene rings is 1. The van der Waals surface area contributed by atoms with Crippen LogP contribution in [-0.4, -0.2) is 29.7 Å². The summed E-state index contributed by atoms with van der Waals surface area (Å²) in [7, 11) is 0. The number of nitrogens with two attached hydrogens (primary N) is 1. The molecule has 25 heavy (non-hydrogen) atoms. The second-order valence-electron chi connectivity index (χ2n) is 6.49. The van der Waals surface area contributed by atoms with E-state index in [0.717, 1.165) is 17.0 Å². The SMILES string of the molecule is Cc1c(CSC(C)C)cccc1NC(=O)CNC(=O)[C@@H](N)C(C)C.Cl. The highest BCUT2D eigenvalue weighted by Crippen LogP contribution is 2.24. The molecule has 1 atom stereocenters.